The highest BCUT2D eigenvalue weighted by Crippen LogP contribution is 2.09. The molecule has 0 aliphatic carbocycles. The molecule has 1 atom stereocenters. The summed E-state index contributed by atoms with van der Waals surface area (Å²) in [6.07, 6.45) is 0. The second kappa shape index (κ2) is 4.07. The Kier molecular flexibility index (Phi) is 3.31. The summed E-state index contributed by atoms with van der Waals surface area (Å²) >= 11 is 0. The Bertz CT molecular complexity index is 175. The number of hydrogen-bond donors (Lipinski definition) is 1. The number of fused-ring (bicyclic) bond motifs is 1. The fourth-order valence-corrected chi connectivity index (χ4v) is 1.61. The standard InChI is InChI=1S/C7H12N2O2.ClH/c10-7-6-5-8-1-2-9(6)3-4-11-7;/h6,8H,1-5H2;1H. The van der Waals surface area contributed by atoms with E-state index in [9.17, 15) is 4.79 Å². The van der Waals surface area contributed by atoms with Crippen LogP contribution in [-0.2, 0) is 9.53 Å². The van der Waals surface area contributed by atoms with E-state index < -0.39 is 0 Å². The van der Waals surface area contributed by atoms with Crippen LogP contribution in [0.15, 0.2) is 0 Å². The van der Waals surface area contributed by atoms with Gasteiger partial charge in [0.1, 0.15) is 12.6 Å². The van der Waals surface area contributed by atoms with E-state index in [4.69, 9.17) is 4.74 Å². The smallest absolute Gasteiger partial charge is 0.324 e. The molecule has 0 amide bonds. The van der Waals surface area contributed by atoms with Crippen LogP contribution in [0.3, 0.4) is 0 Å². The van der Waals surface area contributed by atoms with Crippen molar-refractivity contribution < 1.29 is 9.53 Å². The van der Waals surface area contributed by atoms with Crippen molar-refractivity contribution in [3.63, 3.8) is 0 Å². The molecular formula is C7H13ClN2O2. The van der Waals surface area contributed by atoms with Gasteiger partial charge in [0.2, 0.25) is 0 Å². The normalized spacial score (nSPS) is 30.0. The second-order valence-corrected chi connectivity index (χ2v) is 2.92. The van der Waals surface area contributed by atoms with Crippen molar-refractivity contribution in [3.05, 3.63) is 0 Å². The molecule has 2 aliphatic heterocycles. The van der Waals surface area contributed by atoms with E-state index in [-0.39, 0.29) is 24.4 Å². The first-order chi connectivity index (χ1) is 5.38. The summed E-state index contributed by atoms with van der Waals surface area (Å²) in [5.41, 5.74) is 0. The van der Waals surface area contributed by atoms with Gasteiger partial charge in [0.05, 0.1) is 0 Å². The quantitative estimate of drug-likeness (QED) is 0.513. The van der Waals surface area contributed by atoms with Crippen LogP contribution in [0.5, 0.6) is 0 Å². The number of cyclic esters (lactones) is 1. The predicted octanol–water partition coefficient (Wildman–Crippen LogP) is -0.761. The molecule has 12 heavy (non-hydrogen) atoms. The molecule has 2 rings (SSSR count). The van der Waals surface area contributed by atoms with Gasteiger partial charge in [0, 0.05) is 26.2 Å². The molecule has 0 saturated carbocycles. The number of nitrogens with one attached hydrogen (secondary N) is 1. The van der Waals surface area contributed by atoms with Gasteiger partial charge in [-0.3, -0.25) is 9.69 Å². The Morgan fingerprint density at radius 1 is 1.50 bits per heavy atom. The van der Waals surface area contributed by atoms with E-state index in [2.05, 4.69) is 10.2 Å². The highest BCUT2D eigenvalue weighted by molar-refractivity contribution is 5.85. The topological polar surface area (TPSA) is 41.6 Å². The number of halogens is 1. The van der Waals surface area contributed by atoms with Crippen LogP contribution in [0.25, 0.3) is 0 Å². The number of piperazine rings is 1. The van der Waals surface area contributed by atoms with Crippen LogP contribution in [0, 0.1) is 0 Å². The zero-order valence-electron chi connectivity index (χ0n) is 6.78. The number of carbonyl (C=O) groups is 1. The van der Waals surface area contributed by atoms with E-state index in [0.717, 1.165) is 26.2 Å². The van der Waals surface area contributed by atoms with Crippen molar-refractivity contribution in [2.75, 3.05) is 32.8 Å². The van der Waals surface area contributed by atoms with Crippen molar-refractivity contribution >= 4 is 18.4 Å². The van der Waals surface area contributed by atoms with Crippen LogP contribution in [0.2, 0.25) is 0 Å². The first-order valence-electron chi connectivity index (χ1n) is 3.99. The van der Waals surface area contributed by atoms with Crippen LogP contribution in [0.4, 0.5) is 0 Å². The summed E-state index contributed by atoms with van der Waals surface area (Å²) in [5, 5.41) is 3.17. The fraction of sp³-hybridized carbons (Fsp3) is 0.857. The molecule has 2 saturated heterocycles. The average Bonchev–Trinajstić information content (AvgIpc) is 2.06. The van der Waals surface area contributed by atoms with Crippen molar-refractivity contribution in [2.45, 2.75) is 6.04 Å². The third kappa shape index (κ3) is 1.71. The molecule has 4 nitrogen and oxygen atoms in total. The van der Waals surface area contributed by atoms with Gasteiger partial charge in [-0.05, 0) is 0 Å². The van der Waals surface area contributed by atoms with Crippen LogP contribution >= 0.6 is 12.4 Å². The van der Waals surface area contributed by atoms with Crippen molar-refractivity contribution in [3.8, 4) is 0 Å². The Balaban J connectivity index is 0.000000720. The summed E-state index contributed by atoms with van der Waals surface area (Å²) in [6, 6.07) is -0.0162. The molecule has 0 radical (unpaired) electrons. The SMILES string of the molecule is Cl.O=C1OCCN2CCNCC12. The number of carbonyl (C=O) groups excluding carboxylic acids is 1. The average molecular weight is 193 g/mol. The van der Waals surface area contributed by atoms with Crippen LogP contribution in [0.1, 0.15) is 0 Å². The molecule has 1 N–H and O–H groups in total. The van der Waals surface area contributed by atoms with Gasteiger partial charge in [-0.1, -0.05) is 0 Å². The molecule has 2 fully saturated rings. The van der Waals surface area contributed by atoms with Gasteiger partial charge in [0.15, 0.2) is 0 Å². The monoisotopic (exact) mass is 192 g/mol. The molecule has 5 heteroatoms. The number of rotatable bonds is 0. The molecule has 0 spiro atoms. The maximum Gasteiger partial charge on any atom is 0.324 e. The summed E-state index contributed by atoms with van der Waals surface area (Å²) in [4.78, 5) is 13.3. The number of morpholine rings is 1. The predicted molar refractivity (Wildman–Crippen MR) is 46.4 cm³/mol. The number of nitrogens with zero attached hydrogens (tertiary/aromatic N) is 1. The molecule has 2 heterocycles. The van der Waals surface area contributed by atoms with Gasteiger partial charge >= 0.3 is 5.97 Å². The molecule has 0 aromatic carbocycles. The van der Waals surface area contributed by atoms with Crippen molar-refractivity contribution in [1.29, 1.82) is 0 Å². The Morgan fingerprint density at radius 2 is 2.33 bits per heavy atom. The Morgan fingerprint density at radius 3 is 3.08 bits per heavy atom. The fourth-order valence-electron chi connectivity index (χ4n) is 1.61. The largest absolute Gasteiger partial charge is 0.463 e. The first-order valence-corrected chi connectivity index (χ1v) is 3.99. The molecule has 0 bridgehead atoms. The number of hydrogen-bond acceptors (Lipinski definition) is 4. The zero-order chi connectivity index (χ0) is 7.68. The molecule has 2 aliphatic rings. The van der Waals surface area contributed by atoms with E-state index in [0.29, 0.717) is 6.61 Å². The molecule has 1 unspecified atom stereocenters. The lowest BCUT2D eigenvalue weighted by molar-refractivity contribution is -0.158. The summed E-state index contributed by atoms with van der Waals surface area (Å²) < 4.78 is 4.93. The maximum atomic E-state index is 11.1. The van der Waals surface area contributed by atoms with Gasteiger partial charge in [0.25, 0.3) is 0 Å². The van der Waals surface area contributed by atoms with Gasteiger partial charge in [-0.2, -0.15) is 0 Å². The first kappa shape index (κ1) is 9.77. The number of ether oxygens (including phenoxy) is 1. The summed E-state index contributed by atoms with van der Waals surface area (Å²) in [6.45, 7) is 4.18. The summed E-state index contributed by atoms with van der Waals surface area (Å²) in [7, 11) is 0. The minimum Gasteiger partial charge on any atom is -0.463 e. The van der Waals surface area contributed by atoms with E-state index in [1.807, 2.05) is 0 Å². The minimum absolute atomic E-state index is 0. The highest BCUT2D eigenvalue weighted by atomic mass is 35.5. The highest BCUT2D eigenvalue weighted by Gasteiger charge is 2.32. The van der Waals surface area contributed by atoms with E-state index in [1.165, 1.54) is 0 Å². The lowest BCUT2D eigenvalue weighted by Crippen LogP contribution is -2.58. The van der Waals surface area contributed by atoms with Gasteiger partial charge in [-0.15, -0.1) is 12.4 Å². The molecule has 0 aromatic rings. The molecule has 0 aromatic heterocycles. The molecular weight excluding hydrogens is 180 g/mol. The second-order valence-electron chi connectivity index (χ2n) is 2.92. The number of esters is 1. The molecule has 70 valence electrons. The van der Waals surface area contributed by atoms with Gasteiger partial charge in [-0.25, -0.2) is 0 Å². The Hall–Kier alpha value is -0.320. The lowest BCUT2D eigenvalue weighted by Gasteiger charge is -2.37. The summed E-state index contributed by atoms with van der Waals surface area (Å²) in [5.74, 6) is -0.0662. The van der Waals surface area contributed by atoms with Crippen LogP contribution in [-0.4, -0.2) is 49.7 Å². The van der Waals surface area contributed by atoms with E-state index >= 15 is 0 Å². The van der Waals surface area contributed by atoms with Gasteiger partial charge < -0.3 is 10.1 Å². The van der Waals surface area contributed by atoms with Crippen molar-refractivity contribution in [1.82, 2.24) is 10.2 Å². The van der Waals surface area contributed by atoms with E-state index in [1.54, 1.807) is 0 Å². The Labute approximate surface area is 77.7 Å². The zero-order valence-corrected chi connectivity index (χ0v) is 7.60. The minimum atomic E-state index is -0.0662. The lowest BCUT2D eigenvalue weighted by atomic mass is 10.2. The maximum absolute atomic E-state index is 11.1. The third-order valence-corrected chi connectivity index (χ3v) is 2.25. The third-order valence-electron chi connectivity index (χ3n) is 2.25. The van der Waals surface area contributed by atoms with Crippen LogP contribution < -0.4 is 5.32 Å². The van der Waals surface area contributed by atoms with Crippen molar-refractivity contribution in [2.24, 2.45) is 0 Å².